The van der Waals surface area contributed by atoms with Crippen molar-refractivity contribution in [3.63, 3.8) is 0 Å². The molecule has 0 aliphatic carbocycles. The number of fused-ring (bicyclic) bond motifs is 1. The molecule has 6 nitrogen and oxygen atoms in total. The molecule has 5 aromatic rings. The third-order valence-corrected chi connectivity index (χ3v) is 5.97. The van der Waals surface area contributed by atoms with Gasteiger partial charge in [-0.15, -0.1) is 5.10 Å². The molecule has 0 bridgehead atoms. The van der Waals surface area contributed by atoms with Crippen LogP contribution in [0.1, 0.15) is 0 Å². The molecule has 0 amide bonds. The Hall–Kier alpha value is -3.13. The van der Waals surface area contributed by atoms with Crippen LogP contribution in [-0.2, 0) is 0 Å². The van der Waals surface area contributed by atoms with Gasteiger partial charge in [0, 0.05) is 14.9 Å². The minimum atomic E-state index is -0.320. The molecule has 0 unspecified atom stereocenters. The Labute approximate surface area is 191 Å². The normalized spacial score (nSPS) is 11.2. The molecule has 0 spiro atoms. The van der Waals surface area contributed by atoms with E-state index in [1.165, 1.54) is 16.3 Å². The lowest BCUT2D eigenvalue weighted by Crippen LogP contribution is -2.22. The molecule has 0 saturated heterocycles. The average molecular weight is 466 g/mol. The highest BCUT2D eigenvalue weighted by molar-refractivity contribution is 7.99. The van der Waals surface area contributed by atoms with Gasteiger partial charge < -0.3 is 0 Å². The van der Waals surface area contributed by atoms with E-state index in [-0.39, 0.29) is 11.1 Å². The molecule has 2 heterocycles. The van der Waals surface area contributed by atoms with Crippen molar-refractivity contribution >= 4 is 46.1 Å². The molecule has 0 radical (unpaired) electrons. The largest absolute Gasteiger partial charge is 0.288 e. The maximum absolute atomic E-state index is 13.5. The maximum Gasteiger partial charge on any atom is 0.288 e. The summed E-state index contributed by atoms with van der Waals surface area (Å²) >= 11 is 13.5. The lowest BCUT2D eigenvalue weighted by Gasteiger charge is -2.12. The molecular formula is C22H13Cl2N5OS. The smallest absolute Gasteiger partial charge is 0.266 e. The Morgan fingerprint density at radius 1 is 0.806 bits per heavy atom. The van der Waals surface area contributed by atoms with E-state index in [9.17, 15) is 4.79 Å². The van der Waals surface area contributed by atoms with Crippen LogP contribution in [0.25, 0.3) is 22.5 Å². The summed E-state index contributed by atoms with van der Waals surface area (Å²) in [4.78, 5) is 19.1. The lowest BCUT2D eigenvalue weighted by atomic mass is 10.3. The van der Waals surface area contributed by atoms with E-state index in [0.717, 1.165) is 10.6 Å². The average Bonchev–Trinajstić information content (AvgIpc) is 3.20. The van der Waals surface area contributed by atoms with E-state index in [0.29, 0.717) is 26.5 Å². The first-order valence-corrected chi connectivity index (χ1v) is 10.8. The van der Waals surface area contributed by atoms with Gasteiger partial charge in [-0.05, 0) is 54.6 Å². The van der Waals surface area contributed by atoms with Crippen molar-refractivity contribution in [2.24, 2.45) is 0 Å². The summed E-state index contributed by atoms with van der Waals surface area (Å²) < 4.78 is 3.07. The van der Waals surface area contributed by atoms with E-state index in [1.54, 1.807) is 35.0 Å². The summed E-state index contributed by atoms with van der Waals surface area (Å²) in [5.41, 5.74) is 1.63. The molecule has 9 heteroatoms. The van der Waals surface area contributed by atoms with E-state index in [1.807, 2.05) is 48.5 Å². The van der Waals surface area contributed by atoms with Gasteiger partial charge >= 0.3 is 0 Å². The third-order valence-electron chi connectivity index (χ3n) is 4.54. The number of nitrogens with zero attached hydrogens (tertiary/aromatic N) is 5. The number of benzene rings is 3. The first kappa shape index (κ1) is 19.8. The predicted octanol–water partition coefficient (Wildman–Crippen LogP) is 5.42. The van der Waals surface area contributed by atoms with Gasteiger partial charge in [-0.2, -0.15) is 4.68 Å². The Balaban J connectivity index is 1.76. The van der Waals surface area contributed by atoms with Gasteiger partial charge in [0.15, 0.2) is 16.3 Å². The van der Waals surface area contributed by atoms with E-state index in [2.05, 4.69) is 10.3 Å². The van der Waals surface area contributed by atoms with Crippen molar-refractivity contribution in [3.8, 4) is 11.4 Å². The van der Waals surface area contributed by atoms with Crippen molar-refractivity contribution in [1.29, 1.82) is 0 Å². The number of halogens is 2. The van der Waals surface area contributed by atoms with Gasteiger partial charge in [0.2, 0.25) is 0 Å². The number of hydrogen-bond acceptors (Lipinski definition) is 5. The minimum absolute atomic E-state index is 0.175. The summed E-state index contributed by atoms with van der Waals surface area (Å²) in [7, 11) is 0. The molecule has 152 valence electrons. The van der Waals surface area contributed by atoms with Crippen molar-refractivity contribution < 1.29 is 0 Å². The fraction of sp³-hybridized carbons (Fsp3) is 0. The van der Waals surface area contributed by atoms with Crippen LogP contribution in [0.15, 0.2) is 93.7 Å². The first-order valence-electron chi connectivity index (χ1n) is 9.23. The second kappa shape index (κ2) is 8.19. The van der Waals surface area contributed by atoms with Crippen LogP contribution >= 0.6 is 35.0 Å². The fourth-order valence-electron chi connectivity index (χ4n) is 3.11. The number of hydrogen-bond donors (Lipinski definition) is 0. The fourth-order valence-corrected chi connectivity index (χ4v) is 4.45. The molecule has 0 aliphatic heterocycles. The zero-order valence-corrected chi connectivity index (χ0v) is 18.1. The Kier molecular flexibility index (Phi) is 5.23. The minimum Gasteiger partial charge on any atom is -0.266 e. The molecule has 0 saturated carbocycles. The van der Waals surface area contributed by atoms with E-state index in [4.69, 9.17) is 28.2 Å². The van der Waals surface area contributed by atoms with Gasteiger partial charge in [0.1, 0.15) is 0 Å². The molecule has 0 N–H and O–H groups in total. The van der Waals surface area contributed by atoms with Crippen LogP contribution in [0.4, 0.5) is 0 Å². The Morgan fingerprint density at radius 2 is 1.58 bits per heavy atom. The highest BCUT2D eigenvalue weighted by Gasteiger charge is 2.19. The summed E-state index contributed by atoms with van der Waals surface area (Å²) in [6.07, 6.45) is 0. The van der Waals surface area contributed by atoms with Gasteiger partial charge in [-0.3, -0.25) is 9.36 Å². The standard InChI is InChI=1S/C22H13Cl2N5OS/c23-14-9-11-16(12-10-14)28-21(30)19-20(29(27-26-19)17-6-2-1-3-7-17)25-22(28)31-18-8-4-5-15(24)13-18/h1-13H. The monoisotopic (exact) mass is 465 g/mol. The molecule has 0 fully saturated rings. The van der Waals surface area contributed by atoms with Crippen molar-refractivity contribution in [2.75, 3.05) is 0 Å². The highest BCUT2D eigenvalue weighted by Crippen LogP contribution is 2.30. The second-order valence-corrected chi connectivity index (χ2v) is 8.49. The number of para-hydroxylation sites is 1. The zero-order valence-electron chi connectivity index (χ0n) is 15.8. The lowest BCUT2D eigenvalue weighted by molar-refractivity contribution is 0.794. The van der Waals surface area contributed by atoms with Gasteiger partial charge in [0.25, 0.3) is 5.56 Å². The van der Waals surface area contributed by atoms with E-state index < -0.39 is 0 Å². The summed E-state index contributed by atoms with van der Waals surface area (Å²) in [6, 6.07) is 23.8. The van der Waals surface area contributed by atoms with Crippen LogP contribution < -0.4 is 5.56 Å². The van der Waals surface area contributed by atoms with Crippen LogP contribution in [0, 0.1) is 0 Å². The molecule has 31 heavy (non-hydrogen) atoms. The molecule has 5 rings (SSSR count). The number of aromatic nitrogens is 5. The van der Waals surface area contributed by atoms with Crippen molar-refractivity contribution in [2.45, 2.75) is 10.1 Å². The molecular weight excluding hydrogens is 453 g/mol. The van der Waals surface area contributed by atoms with Crippen LogP contribution in [0.2, 0.25) is 10.0 Å². The zero-order chi connectivity index (χ0) is 21.4. The number of rotatable bonds is 4. The van der Waals surface area contributed by atoms with Crippen LogP contribution in [-0.4, -0.2) is 24.5 Å². The third kappa shape index (κ3) is 3.83. The molecule has 0 atom stereocenters. The van der Waals surface area contributed by atoms with Crippen LogP contribution in [0.3, 0.4) is 0 Å². The Morgan fingerprint density at radius 3 is 2.32 bits per heavy atom. The highest BCUT2D eigenvalue weighted by atomic mass is 35.5. The first-order chi connectivity index (χ1) is 15.1. The van der Waals surface area contributed by atoms with Crippen molar-refractivity contribution in [1.82, 2.24) is 24.5 Å². The molecule has 0 aliphatic rings. The maximum atomic E-state index is 13.5. The summed E-state index contributed by atoms with van der Waals surface area (Å²) in [5, 5.41) is 9.93. The predicted molar refractivity (Wildman–Crippen MR) is 123 cm³/mol. The van der Waals surface area contributed by atoms with Crippen molar-refractivity contribution in [3.05, 3.63) is 99.3 Å². The molecule has 2 aromatic heterocycles. The van der Waals surface area contributed by atoms with Crippen LogP contribution in [0.5, 0.6) is 0 Å². The Bertz CT molecular complexity index is 1450. The van der Waals surface area contributed by atoms with Gasteiger partial charge in [-0.25, -0.2) is 4.98 Å². The van der Waals surface area contributed by atoms with Gasteiger partial charge in [-0.1, -0.05) is 64.4 Å². The van der Waals surface area contributed by atoms with Gasteiger partial charge in [0.05, 0.1) is 11.4 Å². The summed E-state index contributed by atoms with van der Waals surface area (Å²) in [5.74, 6) is 0. The topological polar surface area (TPSA) is 65.6 Å². The molecule has 3 aromatic carbocycles. The quantitative estimate of drug-likeness (QED) is 0.331. The second-order valence-electron chi connectivity index (χ2n) is 6.58. The SMILES string of the molecule is O=c1c2nnn(-c3ccccc3)c2nc(Sc2cccc(Cl)c2)n1-c1ccc(Cl)cc1. The summed E-state index contributed by atoms with van der Waals surface area (Å²) in [6.45, 7) is 0. The van der Waals surface area contributed by atoms with E-state index >= 15 is 0 Å².